The van der Waals surface area contributed by atoms with Crippen LogP contribution in [0.1, 0.15) is 33.1 Å². The quantitative estimate of drug-likeness (QED) is 0.645. The van der Waals surface area contributed by atoms with Crippen LogP contribution in [-0.4, -0.2) is 74.3 Å². The Kier molecular flexibility index (Phi) is 6.30. The molecule has 2 heterocycles. The number of piperidine rings is 1. The number of hydrogen-bond donors (Lipinski definition) is 0. The molecule has 9 heteroatoms. The fraction of sp³-hybridized carbons (Fsp3) is 0.600. The average molecular weight is 424 g/mol. The van der Waals surface area contributed by atoms with Gasteiger partial charge in [-0.1, -0.05) is 13.8 Å². The van der Waals surface area contributed by atoms with Gasteiger partial charge in [0.25, 0.3) is 0 Å². The number of likely N-dealkylation sites (tertiary alicyclic amines) is 1. The van der Waals surface area contributed by atoms with E-state index in [9.17, 15) is 18.0 Å². The minimum absolute atomic E-state index is 0.140. The molecule has 0 aliphatic carbocycles. The van der Waals surface area contributed by atoms with Gasteiger partial charge in [0.2, 0.25) is 21.8 Å². The summed E-state index contributed by atoms with van der Waals surface area (Å²) in [4.78, 5) is 28.5. The number of rotatable bonds is 6. The topological polar surface area (TPSA) is 87.2 Å². The zero-order chi connectivity index (χ0) is 21.2. The number of carbonyl (C=O) groups is 2. The van der Waals surface area contributed by atoms with E-state index in [1.807, 2.05) is 18.7 Å². The number of nitrogens with zero attached hydrogens (tertiary/aromatic N) is 3. The largest absolute Gasteiger partial charge is 0.497 e. The molecule has 0 bridgehead atoms. The highest BCUT2D eigenvalue weighted by Gasteiger charge is 2.40. The first-order valence-electron chi connectivity index (χ1n) is 9.88. The van der Waals surface area contributed by atoms with Gasteiger partial charge < -0.3 is 4.74 Å². The first-order chi connectivity index (χ1) is 13.7. The highest BCUT2D eigenvalue weighted by atomic mass is 32.2. The van der Waals surface area contributed by atoms with Gasteiger partial charge in [-0.25, -0.2) is 8.42 Å². The molecule has 0 aromatic heterocycles. The van der Waals surface area contributed by atoms with E-state index in [1.165, 1.54) is 28.4 Å². The first-order valence-corrected chi connectivity index (χ1v) is 11.3. The Labute approximate surface area is 172 Å². The Morgan fingerprint density at radius 1 is 1.00 bits per heavy atom. The van der Waals surface area contributed by atoms with Crippen molar-refractivity contribution in [2.45, 2.75) is 38.0 Å². The summed E-state index contributed by atoms with van der Waals surface area (Å²) < 4.78 is 32.2. The maximum atomic E-state index is 12.8. The molecule has 8 nitrogen and oxygen atoms in total. The molecule has 0 spiro atoms. The van der Waals surface area contributed by atoms with Crippen LogP contribution in [0.25, 0.3) is 0 Å². The fourth-order valence-corrected chi connectivity index (χ4v) is 5.16. The summed E-state index contributed by atoms with van der Waals surface area (Å²) in [7, 11) is -2.05. The third-order valence-electron chi connectivity index (χ3n) is 5.98. The second-order valence-corrected chi connectivity index (χ2v) is 10.0. The maximum Gasteiger partial charge on any atom is 0.243 e. The van der Waals surface area contributed by atoms with Gasteiger partial charge >= 0.3 is 0 Å². The average Bonchev–Trinajstić information content (AvgIpc) is 2.71. The highest BCUT2D eigenvalue weighted by molar-refractivity contribution is 7.89. The highest BCUT2D eigenvalue weighted by Crippen LogP contribution is 2.35. The van der Waals surface area contributed by atoms with Crippen LogP contribution >= 0.6 is 0 Å². The van der Waals surface area contributed by atoms with Crippen molar-refractivity contribution in [1.29, 1.82) is 0 Å². The monoisotopic (exact) mass is 423 g/mol. The molecule has 2 aliphatic heterocycles. The predicted molar refractivity (Wildman–Crippen MR) is 108 cm³/mol. The lowest BCUT2D eigenvalue weighted by Gasteiger charge is -2.40. The van der Waals surface area contributed by atoms with E-state index < -0.39 is 10.0 Å². The normalized spacial score (nSPS) is 21.4. The van der Waals surface area contributed by atoms with Crippen molar-refractivity contribution in [3.63, 3.8) is 0 Å². The number of methoxy groups -OCH3 is 1. The molecule has 1 aromatic rings. The van der Waals surface area contributed by atoms with E-state index in [0.717, 1.165) is 6.42 Å². The molecular weight excluding hydrogens is 394 g/mol. The van der Waals surface area contributed by atoms with Gasteiger partial charge in [-0.05, 0) is 36.1 Å². The number of amides is 2. The Morgan fingerprint density at radius 3 is 2.03 bits per heavy atom. The zero-order valence-electron chi connectivity index (χ0n) is 17.3. The maximum absolute atomic E-state index is 12.8. The Bertz CT molecular complexity index is 843. The van der Waals surface area contributed by atoms with E-state index in [4.69, 9.17) is 4.74 Å². The van der Waals surface area contributed by atoms with Crippen LogP contribution in [0.3, 0.4) is 0 Å². The number of imide groups is 1. The number of hydrogen-bond acceptors (Lipinski definition) is 6. The van der Waals surface area contributed by atoms with Crippen LogP contribution < -0.4 is 4.74 Å². The third-order valence-corrected chi connectivity index (χ3v) is 7.89. The van der Waals surface area contributed by atoms with Gasteiger partial charge in [0.1, 0.15) is 5.75 Å². The van der Waals surface area contributed by atoms with Crippen molar-refractivity contribution in [2.75, 3.05) is 40.0 Å². The second-order valence-electron chi connectivity index (χ2n) is 8.07. The van der Waals surface area contributed by atoms with Crippen molar-refractivity contribution in [2.24, 2.45) is 5.41 Å². The molecule has 0 saturated carbocycles. The van der Waals surface area contributed by atoms with Crippen molar-refractivity contribution in [3.05, 3.63) is 24.3 Å². The molecule has 0 radical (unpaired) electrons. The smallest absolute Gasteiger partial charge is 0.243 e. The Hall–Kier alpha value is -1.97. The number of piperazine rings is 1. The number of benzene rings is 1. The lowest BCUT2D eigenvalue weighted by molar-refractivity contribution is -0.156. The summed E-state index contributed by atoms with van der Waals surface area (Å²) in [6.45, 7) is 5.78. The van der Waals surface area contributed by atoms with Gasteiger partial charge in [-0.3, -0.25) is 19.4 Å². The van der Waals surface area contributed by atoms with Crippen LogP contribution in [0.15, 0.2) is 29.2 Å². The van der Waals surface area contributed by atoms with E-state index in [1.54, 1.807) is 12.1 Å². The van der Waals surface area contributed by atoms with Gasteiger partial charge in [-0.2, -0.15) is 4.31 Å². The van der Waals surface area contributed by atoms with E-state index in [-0.39, 0.29) is 28.8 Å². The lowest BCUT2D eigenvalue weighted by atomic mass is 9.77. The van der Waals surface area contributed by atoms with Gasteiger partial charge in [0.05, 0.1) is 18.7 Å². The Balaban J connectivity index is 1.59. The van der Waals surface area contributed by atoms with Crippen LogP contribution in [0.4, 0.5) is 0 Å². The molecule has 0 atom stereocenters. The Morgan fingerprint density at radius 2 is 1.55 bits per heavy atom. The van der Waals surface area contributed by atoms with E-state index in [2.05, 4.69) is 0 Å². The molecule has 2 aliphatic rings. The molecule has 0 unspecified atom stereocenters. The third kappa shape index (κ3) is 4.62. The van der Waals surface area contributed by atoms with Crippen molar-refractivity contribution >= 4 is 21.8 Å². The molecular formula is C20H29N3O5S. The predicted octanol–water partition coefficient (Wildman–Crippen LogP) is 1.52. The summed E-state index contributed by atoms with van der Waals surface area (Å²) in [5.74, 6) is 0.321. The molecule has 2 fully saturated rings. The van der Waals surface area contributed by atoms with Gasteiger partial charge in [0.15, 0.2) is 0 Å². The molecule has 160 valence electrons. The summed E-state index contributed by atoms with van der Waals surface area (Å²) >= 11 is 0. The molecule has 1 aromatic carbocycles. The molecule has 3 rings (SSSR count). The zero-order valence-corrected chi connectivity index (χ0v) is 18.1. The minimum atomic E-state index is -3.58. The van der Waals surface area contributed by atoms with E-state index >= 15 is 0 Å². The summed E-state index contributed by atoms with van der Waals surface area (Å²) in [6.07, 6.45) is 1.54. The number of ether oxygens (including phenoxy) is 1. The summed E-state index contributed by atoms with van der Waals surface area (Å²) in [5.41, 5.74) is -0.254. The summed E-state index contributed by atoms with van der Waals surface area (Å²) in [6, 6.07) is 6.33. The standard InChI is InChI=1S/C20H29N3O5S/c1-4-20(2)13-18(24)23(19(25)14-20)15-21-9-11-22(12-10-21)29(26,27)17-7-5-16(28-3)6-8-17/h5-8H,4,9-15H2,1-3H3. The number of carbonyl (C=O) groups excluding carboxylic acids is 2. The first kappa shape index (κ1) is 21.7. The SMILES string of the molecule is CCC1(C)CC(=O)N(CN2CCN(S(=O)(=O)c3ccc(OC)cc3)CC2)C(=O)C1. The van der Waals surface area contributed by atoms with Crippen molar-refractivity contribution in [3.8, 4) is 5.75 Å². The van der Waals surface area contributed by atoms with Gasteiger partial charge in [0, 0.05) is 39.0 Å². The van der Waals surface area contributed by atoms with Crippen LogP contribution in [0, 0.1) is 5.41 Å². The van der Waals surface area contributed by atoms with Crippen LogP contribution in [0.2, 0.25) is 0 Å². The molecule has 29 heavy (non-hydrogen) atoms. The van der Waals surface area contributed by atoms with Crippen molar-refractivity contribution < 1.29 is 22.7 Å². The molecule has 2 saturated heterocycles. The van der Waals surface area contributed by atoms with E-state index in [0.29, 0.717) is 44.8 Å². The second kappa shape index (κ2) is 8.41. The van der Waals surface area contributed by atoms with Crippen LogP contribution in [-0.2, 0) is 19.6 Å². The lowest BCUT2D eigenvalue weighted by Crippen LogP contribution is -2.55. The van der Waals surface area contributed by atoms with Crippen LogP contribution in [0.5, 0.6) is 5.75 Å². The van der Waals surface area contributed by atoms with Gasteiger partial charge in [-0.15, -0.1) is 0 Å². The van der Waals surface area contributed by atoms with Crippen molar-refractivity contribution in [1.82, 2.24) is 14.1 Å². The fourth-order valence-electron chi connectivity index (χ4n) is 3.74. The minimum Gasteiger partial charge on any atom is -0.497 e. The molecule has 2 amide bonds. The molecule has 0 N–H and O–H groups in total. The summed E-state index contributed by atoms with van der Waals surface area (Å²) in [5, 5.41) is 0. The number of sulfonamides is 1.